The molecule has 1 heterocycles. The fourth-order valence-electron chi connectivity index (χ4n) is 0.697. The van der Waals surface area contributed by atoms with Gasteiger partial charge in [-0.3, -0.25) is 0 Å². The number of thiophene rings is 1. The van der Waals surface area contributed by atoms with Crippen LogP contribution in [0.15, 0.2) is 6.07 Å². The average Bonchev–Trinajstić information content (AvgIpc) is 2.31. The van der Waals surface area contributed by atoms with Crippen molar-refractivity contribution in [1.82, 2.24) is 0 Å². The lowest BCUT2D eigenvalue weighted by Gasteiger charge is -1.90. The molecule has 0 aliphatic heterocycles. The minimum Gasteiger partial charge on any atom is -0.465 e. The van der Waals surface area contributed by atoms with Crippen LogP contribution in [0.3, 0.4) is 0 Å². The van der Waals surface area contributed by atoms with Crippen molar-refractivity contribution in [2.75, 3.05) is 7.11 Å². The summed E-state index contributed by atoms with van der Waals surface area (Å²) in [6.07, 6.45) is 0. The maximum atomic E-state index is 10.9. The molecule has 0 N–H and O–H groups in total. The van der Waals surface area contributed by atoms with Gasteiger partial charge in [0, 0.05) is 0 Å². The average molecular weight is 166 g/mol. The van der Waals surface area contributed by atoms with Gasteiger partial charge in [0.15, 0.2) is 0 Å². The monoisotopic (exact) mass is 166 g/mol. The highest BCUT2D eigenvalue weighted by Gasteiger charge is 2.08. The Bertz CT molecular complexity index is 260. The van der Waals surface area contributed by atoms with Gasteiger partial charge < -0.3 is 4.74 Å². The third kappa shape index (κ3) is 1.63. The van der Waals surface area contributed by atoms with E-state index in [1.165, 1.54) is 18.4 Å². The van der Waals surface area contributed by atoms with Crippen molar-refractivity contribution in [3.8, 4) is 0 Å². The number of hydrogen-bond donors (Lipinski definition) is 0. The summed E-state index contributed by atoms with van der Waals surface area (Å²) in [7, 11) is 6.89. The van der Waals surface area contributed by atoms with Gasteiger partial charge >= 0.3 is 5.97 Å². The molecule has 0 unspecified atom stereocenters. The van der Waals surface area contributed by atoms with Crippen molar-refractivity contribution in [3.05, 3.63) is 15.8 Å². The highest BCUT2D eigenvalue weighted by molar-refractivity contribution is 7.14. The Morgan fingerprint density at radius 2 is 2.36 bits per heavy atom. The van der Waals surface area contributed by atoms with Gasteiger partial charge in [-0.1, -0.05) is 5.46 Å². The van der Waals surface area contributed by atoms with Gasteiger partial charge in [0.25, 0.3) is 0 Å². The molecule has 0 saturated heterocycles. The Kier molecular flexibility index (Phi) is 2.34. The van der Waals surface area contributed by atoms with E-state index in [-0.39, 0.29) is 5.97 Å². The van der Waals surface area contributed by atoms with E-state index in [2.05, 4.69) is 4.74 Å². The molecular formula is C7H7BO2S. The van der Waals surface area contributed by atoms with E-state index in [0.29, 0.717) is 10.3 Å². The second-order valence-electron chi connectivity index (χ2n) is 2.11. The number of rotatable bonds is 1. The van der Waals surface area contributed by atoms with E-state index in [9.17, 15) is 4.79 Å². The number of aryl methyl sites for hydroxylation is 1. The number of carbonyl (C=O) groups is 1. The summed E-state index contributed by atoms with van der Waals surface area (Å²) >= 11 is 1.35. The maximum Gasteiger partial charge on any atom is 0.348 e. The minimum atomic E-state index is -0.324. The molecule has 56 valence electrons. The summed E-state index contributed by atoms with van der Waals surface area (Å²) in [5.41, 5.74) is 0.649. The number of methoxy groups -OCH3 is 1. The molecule has 4 heteroatoms. The largest absolute Gasteiger partial charge is 0.465 e. The van der Waals surface area contributed by atoms with Crippen LogP contribution in [-0.2, 0) is 4.74 Å². The molecule has 0 aliphatic carbocycles. The van der Waals surface area contributed by atoms with Crippen LogP contribution in [0, 0.1) is 6.92 Å². The zero-order valence-electron chi connectivity index (χ0n) is 6.38. The number of esters is 1. The van der Waals surface area contributed by atoms with E-state index < -0.39 is 0 Å². The molecule has 0 amide bonds. The highest BCUT2D eigenvalue weighted by atomic mass is 32.1. The second kappa shape index (κ2) is 3.09. The van der Waals surface area contributed by atoms with Crippen LogP contribution in [0.4, 0.5) is 0 Å². The first kappa shape index (κ1) is 8.33. The lowest BCUT2D eigenvalue weighted by Crippen LogP contribution is -2.02. The smallest absolute Gasteiger partial charge is 0.348 e. The molecule has 0 saturated carbocycles. The first-order valence-corrected chi connectivity index (χ1v) is 3.91. The van der Waals surface area contributed by atoms with Crippen molar-refractivity contribution < 1.29 is 9.53 Å². The van der Waals surface area contributed by atoms with Crippen LogP contribution in [-0.4, -0.2) is 20.9 Å². The van der Waals surface area contributed by atoms with Crippen LogP contribution in [0.5, 0.6) is 0 Å². The van der Waals surface area contributed by atoms with Crippen LogP contribution in [0.2, 0.25) is 0 Å². The van der Waals surface area contributed by atoms with E-state index in [1.807, 2.05) is 6.92 Å². The topological polar surface area (TPSA) is 26.3 Å². The SMILES string of the molecule is [B]c1cc(C(=O)OC)sc1C. The molecule has 0 spiro atoms. The Morgan fingerprint density at radius 3 is 2.73 bits per heavy atom. The Balaban J connectivity index is 2.97. The van der Waals surface area contributed by atoms with E-state index in [1.54, 1.807) is 6.07 Å². The van der Waals surface area contributed by atoms with Crippen molar-refractivity contribution in [3.63, 3.8) is 0 Å². The van der Waals surface area contributed by atoms with Crippen molar-refractivity contribution in [1.29, 1.82) is 0 Å². The Labute approximate surface area is 70.6 Å². The number of carbonyl (C=O) groups excluding carboxylic acids is 1. The normalized spacial score (nSPS) is 9.64. The van der Waals surface area contributed by atoms with Gasteiger partial charge in [-0.05, 0) is 17.9 Å². The third-order valence-corrected chi connectivity index (χ3v) is 2.39. The molecule has 2 nitrogen and oxygen atoms in total. The highest BCUT2D eigenvalue weighted by Crippen LogP contribution is 2.12. The summed E-state index contributed by atoms with van der Waals surface area (Å²) < 4.78 is 4.52. The molecule has 0 atom stereocenters. The van der Waals surface area contributed by atoms with Crippen LogP contribution in [0.25, 0.3) is 0 Å². The molecule has 1 aromatic rings. The summed E-state index contributed by atoms with van der Waals surface area (Å²) in [4.78, 5) is 12.4. The lowest BCUT2D eigenvalue weighted by molar-refractivity contribution is 0.0606. The molecule has 1 rings (SSSR count). The lowest BCUT2D eigenvalue weighted by atomic mass is 9.97. The summed E-state index contributed by atoms with van der Waals surface area (Å²) in [5, 5.41) is 0. The molecule has 1 aromatic heterocycles. The molecule has 2 radical (unpaired) electrons. The van der Waals surface area contributed by atoms with Crippen molar-refractivity contribution >= 4 is 30.6 Å². The van der Waals surface area contributed by atoms with E-state index in [0.717, 1.165) is 4.88 Å². The number of hydrogen-bond acceptors (Lipinski definition) is 3. The zero-order valence-corrected chi connectivity index (χ0v) is 7.20. The van der Waals surface area contributed by atoms with Gasteiger partial charge in [-0.2, -0.15) is 0 Å². The third-order valence-electron chi connectivity index (χ3n) is 1.34. The van der Waals surface area contributed by atoms with Gasteiger partial charge in [-0.25, -0.2) is 4.79 Å². The predicted octanol–water partition coefficient (Wildman–Crippen LogP) is 0.637. The molecule has 0 fully saturated rings. The second-order valence-corrected chi connectivity index (χ2v) is 3.37. The molecule has 0 aromatic carbocycles. The first-order valence-electron chi connectivity index (χ1n) is 3.09. The van der Waals surface area contributed by atoms with Crippen molar-refractivity contribution in [2.45, 2.75) is 6.92 Å². The Hall–Kier alpha value is -0.765. The molecular weight excluding hydrogens is 159 g/mol. The van der Waals surface area contributed by atoms with Crippen LogP contribution in [0.1, 0.15) is 14.5 Å². The quantitative estimate of drug-likeness (QED) is 0.452. The maximum absolute atomic E-state index is 10.9. The first-order chi connectivity index (χ1) is 5.15. The zero-order chi connectivity index (χ0) is 8.43. The summed E-state index contributed by atoms with van der Waals surface area (Å²) in [6, 6.07) is 1.63. The van der Waals surface area contributed by atoms with Gasteiger partial charge in [0.1, 0.15) is 12.7 Å². The Morgan fingerprint density at radius 1 is 1.73 bits per heavy atom. The fraction of sp³-hybridized carbons (Fsp3) is 0.286. The van der Waals surface area contributed by atoms with Crippen LogP contribution < -0.4 is 5.46 Å². The summed E-state index contributed by atoms with van der Waals surface area (Å²) in [6.45, 7) is 1.87. The standard InChI is InChI=1S/C7H7BO2S/c1-4-5(8)3-6(11-4)7(9)10-2/h3H,1-2H3. The predicted molar refractivity (Wildman–Crippen MR) is 45.8 cm³/mol. The molecule has 0 bridgehead atoms. The van der Waals surface area contributed by atoms with Crippen molar-refractivity contribution in [2.24, 2.45) is 0 Å². The van der Waals surface area contributed by atoms with Gasteiger partial charge in [-0.15, -0.1) is 11.3 Å². The molecule has 0 aliphatic rings. The van der Waals surface area contributed by atoms with E-state index >= 15 is 0 Å². The number of ether oxygens (including phenoxy) is 1. The minimum absolute atomic E-state index is 0.324. The van der Waals surface area contributed by atoms with Gasteiger partial charge in [0.05, 0.1) is 7.11 Å². The van der Waals surface area contributed by atoms with E-state index in [4.69, 9.17) is 7.85 Å². The summed E-state index contributed by atoms with van der Waals surface area (Å²) in [5.74, 6) is -0.324. The van der Waals surface area contributed by atoms with Gasteiger partial charge in [0.2, 0.25) is 0 Å². The van der Waals surface area contributed by atoms with Crippen LogP contribution >= 0.6 is 11.3 Å². The molecule has 11 heavy (non-hydrogen) atoms. The fourth-order valence-corrected chi connectivity index (χ4v) is 1.56.